The van der Waals surface area contributed by atoms with E-state index in [2.05, 4.69) is 4.74 Å². The molecule has 3 aliphatic heterocycles. The minimum atomic E-state index is -5.34. The number of alkyl halides is 3. The number of carbonyl (C=O) groups is 3. The van der Waals surface area contributed by atoms with E-state index in [4.69, 9.17) is 25.8 Å². The Labute approximate surface area is 339 Å². The molecule has 1 N–H and O–H groups in total. The second kappa shape index (κ2) is 16.6. The summed E-state index contributed by atoms with van der Waals surface area (Å²) in [6.45, 7) is 2.95. The Morgan fingerprint density at radius 3 is 2.40 bits per heavy atom. The van der Waals surface area contributed by atoms with E-state index < -0.39 is 56.5 Å². The Hall–Kier alpha value is -4.62. The fourth-order valence-corrected chi connectivity index (χ4v) is 9.90. The van der Waals surface area contributed by atoms with Crippen molar-refractivity contribution in [3.63, 3.8) is 0 Å². The molecule has 0 saturated carbocycles. The maximum absolute atomic E-state index is 15.8. The van der Waals surface area contributed by atoms with Gasteiger partial charge >= 0.3 is 12.3 Å². The molecule has 0 aliphatic carbocycles. The van der Waals surface area contributed by atoms with Crippen molar-refractivity contribution in [3.8, 4) is 17.2 Å². The maximum Gasteiger partial charge on any atom is 0.573 e. The highest BCUT2D eigenvalue weighted by Crippen LogP contribution is 2.55. The lowest BCUT2D eigenvalue weighted by Gasteiger charge is -2.42. The largest absolute Gasteiger partial charge is 0.573 e. The molecule has 4 atom stereocenters. The van der Waals surface area contributed by atoms with Crippen LogP contribution in [0.5, 0.6) is 17.2 Å². The molecule has 6 rings (SSSR count). The van der Waals surface area contributed by atoms with Gasteiger partial charge in [0.05, 0.1) is 44.6 Å². The van der Waals surface area contributed by atoms with Crippen molar-refractivity contribution in [1.29, 1.82) is 0 Å². The molecular weight excluding hydrogens is 809 g/mol. The minimum absolute atomic E-state index is 0.0400. The topological polar surface area (TPSA) is 155 Å². The van der Waals surface area contributed by atoms with Gasteiger partial charge in [-0.25, -0.2) is 12.7 Å². The molecule has 3 aromatic rings. The summed E-state index contributed by atoms with van der Waals surface area (Å²) in [7, 11) is 0.183. The SMILES string of the molecule is CCOC(=O)[C@H]1CCCN(Cc2ccc(OC)c(C3(N4C[C@H](O)C[C@H]4C(=O)N(C)C)C(=O)N(S(=O)(=O)c4ccc(OC)cc4OC(F)(F)F)c4ccc(Cl)cc43)c2)C1. The van der Waals surface area contributed by atoms with E-state index in [-0.39, 0.29) is 71.3 Å². The van der Waals surface area contributed by atoms with Crippen molar-refractivity contribution in [3.05, 3.63) is 76.3 Å². The molecule has 14 nitrogen and oxygen atoms in total. The van der Waals surface area contributed by atoms with Gasteiger partial charge in [-0.1, -0.05) is 17.7 Å². The second-order valence-electron chi connectivity index (χ2n) is 14.5. The Kier molecular flexibility index (Phi) is 12.3. The van der Waals surface area contributed by atoms with Crippen LogP contribution in [-0.2, 0) is 41.2 Å². The lowest BCUT2D eigenvalue weighted by atomic mass is 9.80. The molecule has 3 aromatic carbocycles. The average molecular weight is 853 g/mol. The number of piperidine rings is 1. The van der Waals surface area contributed by atoms with Crippen molar-refractivity contribution >= 4 is 45.1 Å². The number of rotatable bonds is 12. The van der Waals surface area contributed by atoms with Crippen molar-refractivity contribution in [2.75, 3.05) is 58.9 Å². The lowest BCUT2D eigenvalue weighted by Crippen LogP contribution is -2.59. The zero-order chi connectivity index (χ0) is 42.3. The fraction of sp³-hybridized carbons (Fsp3) is 0.462. The third kappa shape index (κ3) is 7.91. The first-order valence-electron chi connectivity index (χ1n) is 18.4. The van der Waals surface area contributed by atoms with E-state index in [1.165, 1.54) is 56.3 Å². The number of β-amino-alcohol motifs (C(OH)–C–C–N with tert-alkyl or cyclic N) is 1. The number of nitrogens with zero attached hydrogens (tertiary/aromatic N) is 4. The Balaban J connectivity index is 1.60. The number of ether oxygens (including phenoxy) is 4. The van der Waals surface area contributed by atoms with E-state index in [1.54, 1.807) is 25.1 Å². The number of halogens is 4. The van der Waals surface area contributed by atoms with Crippen LogP contribution in [0.3, 0.4) is 0 Å². The number of fused-ring (bicyclic) bond motifs is 1. The number of esters is 1. The van der Waals surface area contributed by atoms with Gasteiger partial charge < -0.3 is 29.0 Å². The molecule has 58 heavy (non-hydrogen) atoms. The summed E-state index contributed by atoms with van der Waals surface area (Å²) in [6.07, 6.45) is -5.32. The second-order valence-corrected chi connectivity index (χ2v) is 16.6. The summed E-state index contributed by atoms with van der Waals surface area (Å²) < 4.78 is 91.9. The zero-order valence-corrected chi connectivity index (χ0v) is 34.0. The van der Waals surface area contributed by atoms with E-state index in [0.717, 1.165) is 18.2 Å². The van der Waals surface area contributed by atoms with Crippen LogP contribution in [0, 0.1) is 5.92 Å². The van der Waals surface area contributed by atoms with Crippen LogP contribution in [0.4, 0.5) is 18.9 Å². The van der Waals surface area contributed by atoms with Gasteiger partial charge in [0, 0.05) is 55.9 Å². The molecule has 314 valence electrons. The quantitative estimate of drug-likeness (QED) is 0.255. The van der Waals surface area contributed by atoms with Crippen molar-refractivity contribution in [2.24, 2.45) is 5.92 Å². The van der Waals surface area contributed by atoms with Crippen LogP contribution in [0.1, 0.15) is 42.9 Å². The number of methoxy groups -OCH3 is 2. The molecule has 2 amide bonds. The van der Waals surface area contributed by atoms with E-state index >= 15 is 4.79 Å². The van der Waals surface area contributed by atoms with Crippen LogP contribution >= 0.6 is 11.6 Å². The van der Waals surface area contributed by atoms with Gasteiger partial charge in [0.1, 0.15) is 16.4 Å². The summed E-state index contributed by atoms with van der Waals surface area (Å²) in [5, 5.41) is 11.3. The van der Waals surface area contributed by atoms with Gasteiger partial charge in [0.25, 0.3) is 15.9 Å². The van der Waals surface area contributed by atoms with Gasteiger partial charge in [-0.15, -0.1) is 13.2 Å². The average Bonchev–Trinajstić information content (AvgIpc) is 3.68. The first-order chi connectivity index (χ1) is 27.4. The summed E-state index contributed by atoms with van der Waals surface area (Å²) in [5.41, 5.74) is -1.92. The standard InChI is InChI=1S/C39H44ClF3N4O10S/c1-6-56-36(50)24-8-7-15-45(21-24)20-23-9-13-32(55-5)29(16-23)38(46-22-26(48)18-31(46)35(49)44(2)3)28-17-25(40)10-12-30(28)47(37(38)51)58(52,53)34-14-11-27(54-4)19-33(34)57-39(41,42)43/h9-14,16-17,19,24,26,31,48H,6-8,15,18,20-22H2,1-5H3/t24-,26+,31-,38?/m0/s1. The van der Waals surface area contributed by atoms with Crippen LogP contribution in [0.25, 0.3) is 0 Å². The van der Waals surface area contributed by atoms with Gasteiger partial charge in [-0.3, -0.25) is 24.2 Å². The number of carbonyl (C=O) groups excluding carboxylic acids is 3. The molecule has 0 bridgehead atoms. The normalized spacial score (nSPS) is 22.8. The molecule has 19 heteroatoms. The molecule has 0 aromatic heterocycles. The smallest absolute Gasteiger partial charge is 0.497 e. The van der Waals surface area contributed by atoms with Crippen molar-refractivity contribution < 1.29 is 60.0 Å². The minimum Gasteiger partial charge on any atom is -0.497 e. The number of aliphatic hydroxyl groups excluding tert-OH is 1. The highest BCUT2D eigenvalue weighted by atomic mass is 35.5. The Morgan fingerprint density at radius 1 is 1.00 bits per heavy atom. The molecular formula is C39H44ClF3N4O10S. The first-order valence-corrected chi connectivity index (χ1v) is 20.2. The summed E-state index contributed by atoms with van der Waals surface area (Å²) in [5.74, 6) is -3.63. The van der Waals surface area contributed by atoms with E-state index in [1.807, 2.05) is 4.90 Å². The third-order valence-corrected chi connectivity index (χ3v) is 12.5. The van der Waals surface area contributed by atoms with Crippen LogP contribution in [-0.4, -0.2) is 119 Å². The molecule has 3 aliphatic rings. The molecule has 0 spiro atoms. The molecule has 3 heterocycles. The summed E-state index contributed by atoms with van der Waals surface area (Å²) in [4.78, 5) is 46.1. The lowest BCUT2D eigenvalue weighted by molar-refractivity contribution is -0.275. The highest BCUT2D eigenvalue weighted by Gasteiger charge is 2.64. The monoisotopic (exact) mass is 852 g/mol. The summed E-state index contributed by atoms with van der Waals surface area (Å²) >= 11 is 6.62. The van der Waals surface area contributed by atoms with Gasteiger partial charge in [-0.05, 0) is 80.8 Å². The maximum atomic E-state index is 15.8. The van der Waals surface area contributed by atoms with E-state index in [0.29, 0.717) is 35.8 Å². The predicted molar refractivity (Wildman–Crippen MR) is 204 cm³/mol. The molecule has 1 unspecified atom stereocenters. The predicted octanol–water partition coefficient (Wildman–Crippen LogP) is 4.53. The van der Waals surface area contributed by atoms with Crippen molar-refractivity contribution in [2.45, 2.75) is 61.7 Å². The number of sulfonamides is 1. The van der Waals surface area contributed by atoms with Gasteiger partial charge in [0.2, 0.25) is 5.91 Å². The number of amides is 2. The molecule has 2 fully saturated rings. The van der Waals surface area contributed by atoms with E-state index in [9.17, 15) is 36.3 Å². The Morgan fingerprint density at radius 2 is 1.74 bits per heavy atom. The number of anilines is 1. The first kappa shape index (κ1) is 43.0. The van der Waals surface area contributed by atoms with Crippen molar-refractivity contribution in [1.82, 2.24) is 14.7 Å². The number of hydrogen-bond donors (Lipinski definition) is 1. The van der Waals surface area contributed by atoms with Gasteiger partial charge in [0.15, 0.2) is 11.3 Å². The summed E-state index contributed by atoms with van der Waals surface area (Å²) in [6, 6.07) is 10.4. The zero-order valence-electron chi connectivity index (χ0n) is 32.4. The molecule has 0 radical (unpaired) electrons. The van der Waals surface area contributed by atoms with Gasteiger partial charge in [-0.2, -0.15) is 0 Å². The number of hydrogen-bond acceptors (Lipinski definition) is 12. The molecule has 2 saturated heterocycles. The third-order valence-electron chi connectivity index (χ3n) is 10.6. The number of aliphatic hydroxyl groups is 1. The van der Waals surface area contributed by atoms with Crippen LogP contribution < -0.4 is 18.5 Å². The van der Waals surface area contributed by atoms with Crippen LogP contribution in [0.15, 0.2) is 59.5 Å². The highest BCUT2D eigenvalue weighted by molar-refractivity contribution is 7.93. The van der Waals surface area contributed by atoms with Crippen LogP contribution in [0.2, 0.25) is 5.02 Å². The Bertz CT molecular complexity index is 2190. The number of likely N-dealkylation sites (tertiary alicyclic amines) is 2. The number of likely N-dealkylation sites (N-methyl/N-ethyl adjacent to an activating group) is 1. The fourth-order valence-electron chi connectivity index (χ4n) is 8.17. The number of benzene rings is 3.